The molecule has 236 valence electrons. The van der Waals surface area contributed by atoms with Gasteiger partial charge in [0, 0.05) is 36.3 Å². The third-order valence-electron chi connectivity index (χ3n) is 7.09. The predicted molar refractivity (Wildman–Crippen MR) is 172 cm³/mol. The Labute approximate surface area is 256 Å². The molecule has 3 heterocycles. The summed E-state index contributed by atoms with van der Waals surface area (Å²) in [6.07, 6.45) is 17.0. The Morgan fingerprint density at radius 3 is 2.51 bits per heavy atom. The third-order valence-corrected chi connectivity index (χ3v) is 8.48. The second kappa shape index (κ2) is 14.4. The molecule has 0 bridgehead atoms. The standard InChI is InChI=1S/C32H47N5O5S/c1-32(2,3)42-31(39)36-27(30(38)35-23-10-8-7-9-11-23)20-24-12-13-25(21-34-24)41-28-14-16-33-29-26(28)15-17-37(29)22-40-18-19-43(4,5)6/h12-17,21,23,27H,7-11,18-20,22H2,1-6H3,(H,35,38)(H,36,39)/t27-/m0/s1. The first-order chi connectivity index (χ1) is 20.4. The minimum Gasteiger partial charge on any atom is -0.455 e. The van der Waals surface area contributed by atoms with Crippen molar-refractivity contribution in [3.63, 3.8) is 0 Å². The van der Waals surface area contributed by atoms with Crippen LogP contribution in [0.5, 0.6) is 11.5 Å². The Kier molecular flexibility index (Phi) is 10.9. The average Bonchev–Trinajstić information content (AvgIpc) is 3.35. The maximum Gasteiger partial charge on any atom is 0.408 e. The molecule has 0 aromatic carbocycles. The molecule has 3 aromatic rings. The van der Waals surface area contributed by atoms with Crippen LogP contribution >= 0.6 is 10.0 Å². The number of pyridine rings is 2. The maximum absolute atomic E-state index is 13.2. The molecule has 1 saturated carbocycles. The molecule has 0 spiro atoms. The van der Waals surface area contributed by atoms with E-state index < -0.39 is 27.8 Å². The Hall–Kier alpha value is -3.31. The van der Waals surface area contributed by atoms with Crippen molar-refractivity contribution in [2.45, 2.75) is 83.7 Å². The zero-order chi connectivity index (χ0) is 31.0. The summed E-state index contributed by atoms with van der Waals surface area (Å²) >= 11 is 0. The topological polar surface area (TPSA) is 117 Å². The van der Waals surface area contributed by atoms with E-state index in [1.165, 1.54) is 6.42 Å². The summed E-state index contributed by atoms with van der Waals surface area (Å²) in [5, 5.41) is 6.74. The Bertz CT molecular complexity index is 1360. The number of carbonyl (C=O) groups is 2. The second-order valence-electron chi connectivity index (χ2n) is 13.0. The van der Waals surface area contributed by atoms with Crippen LogP contribution in [0.1, 0.15) is 58.6 Å². The van der Waals surface area contributed by atoms with Gasteiger partial charge in [-0.05, 0) is 76.6 Å². The summed E-state index contributed by atoms with van der Waals surface area (Å²) in [6, 6.07) is 6.71. The summed E-state index contributed by atoms with van der Waals surface area (Å²) < 4.78 is 19.5. The number of hydrogen-bond acceptors (Lipinski definition) is 7. The van der Waals surface area contributed by atoms with Gasteiger partial charge in [-0.1, -0.05) is 19.3 Å². The zero-order valence-corrected chi connectivity index (χ0v) is 27.2. The predicted octanol–water partition coefficient (Wildman–Crippen LogP) is 5.78. The van der Waals surface area contributed by atoms with Crippen molar-refractivity contribution in [1.82, 2.24) is 25.2 Å². The number of amides is 2. The number of rotatable bonds is 12. The quantitative estimate of drug-likeness (QED) is 0.249. The van der Waals surface area contributed by atoms with Crippen molar-refractivity contribution in [3.8, 4) is 11.5 Å². The molecule has 11 heteroatoms. The largest absolute Gasteiger partial charge is 0.455 e. The normalized spacial score (nSPS) is 15.6. The number of fused-ring (bicyclic) bond motifs is 1. The molecule has 2 amide bonds. The van der Waals surface area contributed by atoms with E-state index in [1.807, 2.05) is 35.0 Å². The van der Waals surface area contributed by atoms with Gasteiger partial charge < -0.3 is 29.4 Å². The fourth-order valence-electron chi connectivity index (χ4n) is 4.87. The van der Waals surface area contributed by atoms with E-state index in [0.717, 1.165) is 42.5 Å². The molecule has 10 nitrogen and oxygen atoms in total. The monoisotopic (exact) mass is 613 g/mol. The summed E-state index contributed by atoms with van der Waals surface area (Å²) in [4.78, 5) is 34.9. The molecule has 0 aliphatic heterocycles. The molecule has 0 radical (unpaired) electrons. The van der Waals surface area contributed by atoms with Crippen molar-refractivity contribution in [3.05, 3.63) is 48.5 Å². The van der Waals surface area contributed by atoms with Gasteiger partial charge >= 0.3 is 6.09 Å². The molecular formula is C32H47N5O5S. The van der Waals surface area contributed by atoms with Crippen molar-refractivity contribution in [1.29, 1.82) is 0 Å². The highest BCUT2D eigenvalue weighted by Crippen LogP contribution is 2.34. The van der Waals surface area contributed by atoms with Crippen LogP contribution in [-0.2, 0) is 27.4 Å². The Balaban J connectivity index is 1.41. The number of hydrogen-bond donors (Lipinski definition) is 2. The van der Waals surface area contributed by atoms with Crippen LogP contribution in [0.4, 0.5) is 4.79 Å². The van der Waals surface area contributed by atoms with Crippen LogP contribution in [0.25, 0.3) is 11.0 Å². The fourth-order valence-corrected chi connectivity index (χ4v) is 5.48. The van der Waals surface area contributed by atoms with Crippen LogP contribution in [0.2, 0.25) is 0 Å². The van der Waals surface area contributed by atoms with E-state index >= 15 is 0 Å². The lowest BCUT2D eigenvalue weighted by Crippen LogP contribution is -2.52. The molecule has 43 heavy (non-hydrogen) atoms. The van der Waals surface area contributed by atoms with Crippen molar-refractivity contribution in [2.24, 2.45) is 0 Å². The van der Waals surface area contributed by atoms with E-state index in [4.69, 9.17) is 14.2 Å². The number of nitrogens with one attached hydrogen (secondary N) is 2. The highest BCUT2D eigenvalue weighted by atomic mass is 32.3. The first-order valence-electron chi connectivity index (χ1n) is 15.0. The molecule has 1 fully saturated rings. The number of nitrogens with zero attached hydrogens (tertiary/aromatic N) is 3. The lowest BCUT2D eigenvalue weighted by molar-refractivity contribution is -0.124. The Morgan fingerprint density at radius 1 is 1.07 bits per heavy atom. The molecule has 0 saturated heterocycles. The van der Waals surface area contributed by atoms with Gasteiger partial charge in [-0.2, -0.15) is 0 Å². The van der Waals surface area contributed by atoms with E-state index in [1.54, 1.807) is 33.2 Å². The number of carbonyl (C=O) groups excluding carboxylic acids is 2. The number of alkyl carbamates (subject to hydrolysis) is 1. The van der Waals surface area contributed by atoms with Gasteiger partial charge in [-0.25, -0.2) is 19.8 Å². The van der Waals surface area contributed by atoms with Crippen LogP contribution in [0.3, 0.4) is 0 Å². The molecular weight excluding hydrogens is 566 g/mol. The molecule has 1 atom stereocenters. The van der Waals surface area contributed by atoms with Crippen molar-refractivity contribution in [2.75, 3.05) is 31.1 Å². The molecule has 1 aliphatic carbocycles. The van der Waals surface area contributed by atoms with Crippen LogP contribution in [0, 0.1) is 0 Å². The summed E-state index contributed by atoms with van der Waals surface area (Å²) in [6.45, 7) is 6.51. The summed E-state index contributed by atoms with van der Waals surface area (Å²) in [5.41, 5.74) is 0.753. The van der Waals surface area contributed by atoms with E-state index in [0.29, 0.717) is 30.5 Å². The molecule has 0 unspecified atom stereocenters. The fraction of sp³-hybridized carbons (Fsp3) is 0.562. The van der Waals surface area contributed by atoms with Gasteiger partial charge in [-0.3, -0.25) is 9.78 Å². The lowest BCUT2D eigenvalue weighted by atomic mass is 9.95. The van der Waals surface area contributed by atoms with Gasteiger partial charge in [0.2, 0.25) is 5.91 Å². The zero-order valence-electron chi connectivity index (χ0n) is 26.4. The first-order valence-corrected chi connectivity index (χ1v) is 18.0. The maximum atomic E-state index is 13.2. The number of ether oxygens (including phenoxy) is 3. The lowest BCUT2D eigenvalue weighted by Gasteiger charge is -2.27. The van der Waals surface area contributed by atoms with Crippen LogP contribution < -0.4 is 15.4 Å². The number of aromatic nitrogens is 3. The molecule has 3 aromatic heterocycles. The Morgan fingerprint density at radius 2 is 1.84 bits per heavy atom. The van der Waals surface area contributed by atoms with Gasteiger partial charge in [-0.15, -0.1) is 0 Å². The molecule has 4 rings (SSSR count). The average molecular weight is 614 g/mol. The van der Waals surface area contributed by atoms with E-state index in [2.05, 4.69) is 39.4 Å². The van der Waals surface area contributed by atoms with Crippen molar-refractivity contribution < 1.29 is 23.8 Å². The SMILES string of the molecule is CC(C)(C)OC(=O)N[C@@H](Cc1ccc(Oc2ccnc3c2ccn3COCCS(C)(C)C)cn1)C(=O)NC1CCCCC1. The summed E-state index contributed by atoms with van der Waals surface area (Å²) in [5.74, 6) is 2.04. The third kappa shape index (κ3) is 10.4. The van der Waals surface area contributed by atoms with Crippen molar-refractivity contribution >= 4 is 33.1 Å². The van der Waals surface area contributed by atoms with Crippen LogP contribution in [-0.4, -0.2) is 75.3 Å². The highest BCUT2D eigenvalue weighted by Gasteiger charge is 2.27. The minimum atomic E-state index is -0.817. The van der Waals surface area contributed by atoms with E-state index in [-0.39, 0.29) is 18.4 Å². The molecule has 2 N–H and O–H groups in total. The highest BCUT2D eigenvalue weighted by molar-refractivity contribution is 8.32. The molecule has 1 aliphatic rings. The van der Waals surface area contributed by atoms with Gasteiger partial charge in [0.1, 0.15) is 35.5 Å². The van der Waals surface area contributed by atoms with Gasteiger partial charge in [0.25, 0.3) is 0 Å². The van der Waals surface area contributed by atoms with Gasteiger partial charge in [0.15, 0.2) is 0 Å². The minimum absolute atomic E-state index is 0.121. The van der Waals surface area contributed by atoms with Gasteiger partial charge in [0.05, 0.1) is 18.2 Å². The summed E-state index contributed by atoms with van der Waals surface area (Å²) in [7, 11) is -0.601. The van der Waals surface area contributed by atoms with E-state index in [9.17, 15) is 9.59 Å². The van der Waals surface area contributed by atoms with Crippen LogP contribution in [0.15, 0.2) is 42.9 Å². The smallest absolute Gasteiger partial charge is 0.408 e. The second-order valence-corrected chi connectivity index (χ2v) is 17.6. The first kappa shape index (κ1) is 32.6.